The molecule has 8 heteroatoms. The van der Waals surface area contributed by atoms with Gasteiger partial charge in [0.15, 0.2) is 5.96 Å². The van der Waals surface area contributed by atoms with Crippen LogP contribution in [0.4, 0.5) is 0 Å². The number of halogens is 1. The quantitative estimate of drug-likeness (QED) is 0.262. The topological polar surface area (TPSA) is 74.2 Å². The number of fused-ring (bicyclic) bond motifs is 1. The Bertz CT molecular complexity index is 699. The molecular formula is C21H31IN4O3. The predicted octanol–water partition coefficient (Wildman–Crippen LogP) is 2.61. The number of carbonyl (C=O) groups excluding carboxylic acids is 2. The summed E-state index contributed by atoms with van der Waals surface area (Å²) in [6, 6.07) is 6.96. The van der Waals surface area contributed by atoms with E-state index in [1.807, 2.05) is 14.0 Å². The van der Waals surface area contributed by atoms with Gasteiger partial charge in [0, 0.05) is 39.9 Å². The average molecular weight is 514 g/mol. The van der Waals surface area contributed by atoms with E-state index in [0.29, 0.717) is 23.6 Å². The van der Waals surface area contributed by atoms with Crippen molar-refractivity contribution in [3.05, 3.63) is 35.4 Å². The number of benzene rings is 1. The van der Waals surface area contributed by atoms with Crippen molar-refractivity contribution in [2.45, 2.75) is 26.2 Å². The van der Waals surface area contributed by atoms with Crippen LogP contribution in [0.5, 0.6) is 0 Å². The minimum Gasteiger partial charge on any atom is -0.381 e. The van der Waals surface area contributed by atoms with Crippen LogP contribution in [0.1, 0.15) is 46.9 Å². The summed E-state index contributed by atoms with van der Waals surface area (Å²) >= 11 is 0. The first-order valence-electron chi connectivity index (χ1n) is 10.1. The van der Waals surface area contributed by atoms with Crippen LogP contribution in [0.3, 0.4) is 0 Å². The van der Waals surface area contributed by atoms with Crippen molar-refractivity contribution < 1.29 is 14.3 Å². The molecule has 2 amide bonds. The van der Waals surface area contributed by atoms with Gasteiger partial charge in [-0.25, -0.2) is 0 Å². The number of guanidine groups is 1. The van der Waals surface area contributed by atoms with Gasteiger partial charge in [0.05, 0.1) is 17.7 Å². The molecule has 0 aliphatic carbocycles. The number of hydrogen-bond acceptors (Lipinski definition) is 4. The van der Waals surface area contributed by atoms with E-state index in [9.17, 15) is 9.59 Å². The maximum atomic E-state index is 12.4. The highest BCUT2D eigenvalue weighted by Gasteiger charge is 2.34. The fourth-order valence-corrected chi connectivity index (χ4v) is 3.69. The zero-order chi connectivity index (χ0) is 19.9. The van der Waals surface area contributed by atoms with Gasteiger partial charge < -0.3 is 15.0 Å². The molecule has 0 spiro atoms. The van der Waals surface area contributed by atoms with Gasteiger partial charge in [0.25, 0.3) is 11.8 Å². The maximum Gasteiger partial charge on any atom is 0.261 e. The maximum absolute atomic E-state index is 12.4. The summed E-state index contributed by atoms with van der Waals surface area (Å²) in [5.41, 5.74) is 0.967. The molecule has 1 aromatic carbocycles. The van der Waals surface area contributed by atoms with Crippen molar-refractivity contribution >= 4 is 41.8 Å². The third kappa shape index (κ3) is 5.91. The Morgan fingerprint density at radius 1 is 1.21 bits per heavy atom. The second kappa shape index (κ2) is 11.5. The van der Waals surface area contributed by atoms with Crippen LogP contribution in [-0.2, 0) is 4.74 Å². The first kappa shape index (κ1) is 23.6. The summed E-state index contributed by atoms with van der Waals surface area (Å²) in [5, 5.41) is 3.30. The zero-order valence-corrected chi connectivity index (χ0v) is 19.6. The number of aliphatic imine (C=N–C) groups is 1. The molecule has 3 rings (SSSR count). The monoisotopic (exact) mass is 514 g/mol. The minimum absolute atomic E-state index is 0. The molecule has 1 N–H and O–H groups in total. The van der Waals surface area contributed by atoms with E-state index in [0.717, 1.165) is 51.5 Å². The molecule has 1 aromatic rings. The van der Waals surface area contributed by atoms with Gasteiger partial charge in [-0.05, 0) is 44.2 Å². The third-order valence-electron chi connectivity index (χ3n) is 5.37. The molecule has 0 bridgehead atoms. The molecule has 1 fully saturated rings. The van der Waals surface area contributed by atoms with Gasteiger partial charge in [0.2, 0.25) is 0 Å². The number of amides is 2. The van der Waals surface area contributed by atoms with Crippen LogP contribution in [0.15, 0.2) is 29.3 Å². The Morgan fingerprint density at radius 2 is 1.83 bits per heavy atom. The lowest BCUT2D eigenvalue weighted by molar-refractivity contribution is 0.0624. The van der Waals surface area contributed by atoms with Crippen molar-refractivity contribution in [2.24, 2.45) is 10.9 Å². The van der Waals surface area contributed by atoms with Gasteiger partial charge in [-0.15, -0.1) is 24.0 Å². The molecule has 7 nitrogen and oxygen atoms in total. The van der Waals surface area contributed by atoms with Gasteiger partial charge >= 0.3 is 0 Å². The van der Waals surface area contributed by atoms with Crippen LogP contribution in [0.25, 0.3) is 0 Å². The molecule has 2 aliphatic rings. The number of imide groups is 1. The lowest BCUT2D eigenvalue weighted by Gasteiger charge is -2.27. The number of carbonyl (C=O) groups is 2. The smallest absolute Gasteiger partial charge is 0.261 e. The summed E-state index contributed by atoms with van der Waals surface area (Å²) in [5.74, 6) is 1.06. The van der Waals surface area contributed by atoms with Gasteiger partial charge in [-0.2, -0.15) is 0 Å². The first-order chi connectivity index (χ1) is 13.6. The lowest BCUT2D eigenvalue weighted by Crippen LogP contribution is -2.41. The lowest BCUT2D eigenvalue weighted by atomic mass is 9.96. The normalized spacial score (nSPS) is 17.2. The highest BCUT2D eigenvalue weighted by molar-refractivity contribution is 14.0. The summed E-state index contributed by atoms with van der Waals surface area (Å²) in [6.45, 7) is 6.12. The largest absolute Gasteiger partial charge is 0.381 e. The zero-order valence-electron chi connectivity index (χ0n) is 17.2. The fourth-order valence-electron chi connectivity index (χ4n) is 3.69. The van der Waals surface area contributed by atoms with Crippen molar-refractivity contribution in [3.63, 3.8) is 0 Å². The van der Waals surface area contributed by atoms with Crippen molar-refractivity contribution in [3.8, 4) is 0 Å². The molecule has 2 heterocycles. The highest BCUT2D eigenvalue weighted by atomic mass is 127. The molecule has 0 unspecified atom stereocenters. The summed E-state index contributed by atoms with van der Waals surface area (Å²) in [6.07, 6.45) is 3.37. The Morgan fingerprint density at radius 3 is 2.41 bits per heavy atom. The van der Waals surface area contributed by atoms with E-state index < -0.39 is 0 Å². The summed E-state index contributed by atoms with van der Waals surface area (Å²) in [4.78, 5) is 32.9. The van der Waals surface area contributed by atoms with E-state index in [1.165, 1.54) is 4.90 Å². The predicted molar refractivity (Wildman–Crippen MR) is 124 cm³/mol. The Hall–Kier alpha value is -1.68. The second-order valence-electron chi connectivity index (χ2n) is 7.31. The SMILES string of the molecule is CCNC(=NCCN1C(=O)c2ccccc2C1=O)N(C)CCC1CCOCC1.I. The Kier molecular flexibility index (Phi) is 9.35. The average Bonchev–Trinajstić information content (AvgIpc) is 2.97. The molecule has 29 heavy (non-hydrogen) atoms. The second-order valence-corrected chi connectivity index (χ2v) is 7.31. The molecule has 0 saturated carbocycles. The van der Waals surface area contributed by atoms with E-state index >= 15 is 0 Å². The number of nitrogens with zero attached hydrogens (tertiary/aromatic N) is 3. The van der Waals surface area contributed by atoms with E-state index in [4.69, 9.17) is 4.74 Å². The Labute approximate surface area is 189 Å². The van der Waals surface area contributed by atoms with Gasteiger partial charge in [-0.1, -0.05) is 12.1 Å². The number of nitrogens with one attached hydrogen (secondary N) is 1. The summed E-state index contributed by atoms with van der Waals surface area (Å²) < 4.78 is 5.43. The number of rotatable bonds is 7. The standard InChI is InChI=1S/C21H30N4O3.HI/c1-3-22-21(24(2)12-8-16-9-14-28-15-10-16)23-11-13-25-19(26)17-6-4-5-7-18(17)20(25)27;/h4-7,16H,3,8-15H2,1-2H3,(H,22,23);1H. The van der Waals surface area contributed by atoms with Gasteiger partial charge in [-0.3, -0.25) is 19.5 Å². The molecule has 0 radical (unpaired) electrons. The number of ether oxygens (including phenoxy) is 1. The fraction of sp³-hybridized carbons (Fsp3) is 0.571. The molecule has 160 valence electrons. The van der Waals surface area contributed by atoms with Crippen molar-refractivity contribution in [2.75, 3.05) is 46.4 Å². The molecule has 1 saturated heterocycles. The van der Waals surface area contributed by atoms with E-state index in [2.05, 4.69) is 15.2 Å². The van der Waals surface area contributed by atoms with E-state index in [1.54, 1.807) is 24.3 Å². The number of hydrogen-bond donors (Lipinski definition) is 1. The van der Waals surface area contributed by atoms with E-state index in [-0.39, 0.29) is 42.3 Å². The van der Waals surface area contributed by atoms with Crippen LogP contribution in [-0.4, -0.2) is 74.0 Å². The first-order valence-corrected chi connectivity index (χ1v) is 10.1. The summed E-state index contributed by atoms with van der Waals surface area (Å²) in [7, 11) is 2.03. The highest BCUT2D eigenvalue weighted by Crippen LogP contribution is 2.22. The van der Waals surface area contributed by atoms with Crippen molar-refractivity contribution in [1.82, 2.24) is 15.1 Å². The molecule has 2 aliphatic heterocycles. The molecule has 0 atom stereocenters. The molecular weight excluding hydrogens is 483 g/mol. The van der Waals surface area contributed by atoms with Crippen molar-refractivity contribution in [1.29, 1.82) is 0 Å². The van der Waals surface area contributed by atoms with Crippen LogP contribution in [0.2, 0.25) is 0 Å². The minimum atomic E-state index is -0.228. The van der Waals surface area contributed by atoms with Gasteiger partial charge in [0.1, 0.15) is 0 Å². The third-order valence-corrected chi connectivity index (χ3v) is 5.37. The Balaban J connectivity index is 0.00000300. The van der Waals surface area contributed by atoms with Crippen LogP contribution >= 0.6 is 24.0 Å². The van der Waals surface area contributed by atoms with Crippen LogP contribution < -0.4 is 5.32 Å². The van der Waals surface area contributed by atoms with Crippen LogP contribution in [0, 0.1) is 5.92 Å². The molecule has 0 aromatic heterocycles.